The SMILES string of the molecule is ClCc1nnn2c1CO[C@H](c1cccs1)C2. The van der Waals surface area contributed by atoms with Crippen molar-refractivity contribution in [2.45, 2.75) is 25.1 Å². The molecule has 3 heterocycles. The van der Waals surface area contributed by atoms with Crippen LogP contribution in [0.15, 0.2) is 17.5 Å². The first kappa shape index (κ1) is 10.3. The second-order valence-electron chi connectivity index (χ2n) is 3.61. The number of nitrogens with zero attached hydrogens (tertiary/aromatic N) is 3. The van der Waals surface area contributed by atoms with Gasteiger partial charge < -0.3 is 4.74 Å². The lowest BCUT2D eigenvalue weighted by Crippen LogP contribution is -2.21. The maximum Gasteiger partial charge on any atom is 0.112 e. The number of rotatable bonds is 2. The van der Waals surface area contributed by atoms with Crippen molar-refractivity contribution in [1.29, 1.82) is 0 Å². The van der Waals surface area contributed by atoms with Crippen molar-refractivity contribution in [1.82, 2.24) is 15.0 Å². The zero-order valence-corrected chi connectivity index (χ0v) is 10.0. The van der Waals surface area contributed by atoms with Crippen LogP contribution >= 0.6 is 22.9 Å². The minimum Gasteiger partial charge on any atom is -0.364 e. The molecule has 4 nitrogen and oxygen atoms in total. The van der Waals surface area contributed by atoms with Crippen LogP contribution in [0.2, 0.25) is 0 Å². The van der Waals surface area contributed by atoms with Gasteiger partial charge in [-0.3, -0.25) is 0 Å². The number of fused-ring (bicyclic) bond motifs is 1. The Morgan fingerprint density at radius 3 is 3.31 bits per heavy atom. The van der Waals surface area contributed by atoms with Gasteiger partial charge >= 0.3 is 0 Å². The van der Waals surface area contributed by atoms with Crippen molar-refractivity contribution >= 4 is 22.9 Å². The summed E-state index contributed by atoms with van der Waals surface area (Å²) in [6.45, 7) is 1.26. The highest BCUT2D eigenvalue weighted by molar-refractivity contribution is 7.10. The second-order valence-corrected chi connectivity index (χ2v) is 4.86. The summed E-state index contributed by atoms with van der Waals surface area (Å²) in [4.78, 5) is 1.23. The monoisotopic (exact) mass is 255 g/mol. The molecule has 0 amide bonds. The average molecular weight is 256 g/mol. The summed E-state index contributed by atoms with van der Waals surface area (Å²) in [6, 6.07) is 4.12. The van der Waals surface area contributed by atoms with E-state index in [1.54, 1.807) is 11.3 Å². The van der Waals surface area contributed by atoms with Crippen LogP contribution in [-0.2, 0) is 23.8 Å². The van der Waals surface area contributed by atoms with E-state index in [2.05, 4.69) is 21.8 Å². The molecule has 2 aromatic rings. The van der Waals surface area contributed by atoms with Gasteiger partial charge in [-0.1, -0.05) is 11.3 Å². The largest absolute Gasteiger partial charge is 0.364 e. The van der Waals surface area contributed by atoms with Gasteiger partial charge in [0.15, 0.2) is 0 Å². The molecule has 1 atom stereocenters. The van der Waals surface area contributed by atoms with Crippen molar-refractivity contribution in [3.05, 3.63) is 33.8 Å². The van der Waals surface area contributed by atoms with Gasteiger partial charge in [0.1, 0.15) is 11.8 Å². The molecule has 0 bridgehead atoms. The quantitative estimate of drug-likeness (QED) is 0.774. The van der Waals surface area contributed by atoms with Gasteiger partial charge in [-0.05, 0) is 11.4 Å². The Bertz CT molecular complexity index is 482. The van der Waals surface area contributed by atoms with E-state index >= 15 is 0 Å². The fourth-order valence-corrected chi connectivity index (χ4v) is 2.79. The molecule has 0 saturated carbocycles. The predicted octanol–water partition coefficient (Wildman–Crippen LogP) is 2.35. The molecular weight excluding hydrogens is 246 g/mol. The molecule has 1 aliphatic rings. The summed E-state index contributed by atoms with van der Waals surface area (Å²) in [7, 11) is 0. The topological polar surface area (TPSA) is 39.9 Å². The average Bonchev–Trinajstić information content (AvgIpc) is 2.97. The second kappa shape index (κ2) is 4.16. The Kier molecular flexibility index (Phi) is 2.67. The minimum atomic E-state index is 0.0948. The summed E-state index contributed by atoms with van der Waals surface area (Å²) in [5.41, 5.74) is 1.83. The van der Waals surface area contributed by atoms with Crippen molar-refractivity contribution in [2.75, 3.05) is 0 Å². The number of hydrogen-bond donors (Lipinski definition) is 0. The number of ether oxygens (including phenoxy) is 1. The van der Waals surface area contributed by atoms with Gasteiger partial charge in [-0.2, -0.15) is 0 Å². The van der Waals surface area contributed by atoms with E-state index in [-0.39, 0.29) is 6.10 Å². The Morgan fingerprint density at radius 1 is 1.62 bits per heavy atom. The molecule has 0 saturated heterocycles. The third-order valence-electron chi connectivity index (χ3n) is 2.67. The Labute approximate surface area is 102 Å². The number of halogens is 1. The van der Waals surface area contributed by atoms with Gasteiger partial charge in [0.2, 0.25) is 0 Å². The first-order valence-electron chi connectivity index (χ1n) is 5.00. The molecule has 0 aromatic carbocycles. The van der Waals surface area contributed by atoms with Crippen LogP contribution in [0.3, 0.4) is 0 Å². The number of aromatic nitrogens is 3. The smallest absolute Gasteiger partial charge is 0.112 e. The summed E-state index contributed by atoms with van der Waals surface area (Å²) >= 11 is 7.48. The lowest BCUT2D eigenvalue weighted by atomic mass is 10.2. The standard InChI is InChI=1S/C10H10ClN3OS/c11-4-7-8-6-15-9(5-14(8)13-12-7)10-2-1-3-16-10/h1-3,9H,4-6H2/t9-/m0/s1. The van der Waals surface area contributed by atoms with Crippen LogP contribution in [0.5, 0.6) is 0 Å². The lowest BCUT2D eigenvalue weighted by molar-refractivity contribution is 0.000478. The van der Waals surface area contributed by atoms with Crippen LogP contribution in [-0.4, -0.2) is 15.0 Å². The fourth-order valence-electron chi connectivity index (χ4n) is 1.81. The maximum atomic E-state index is 5.80. The first-order chi connectivity index (χ1) is 7.88. The van der Waals surface area contributed by atoms with Crippen LogP contribution in [0.25, 0.3) is 0 Å². The molecule has 0 aliphatic carbocycles. The van der Waals surface area contributed by atoms with Crippen molar-refractivity contribution < 1.29 is 4.74 Å². The third-order valence-corrected chi connectivity index (χ3v) is 3.88. The molecule has 6 heteroatoms. The molecule has 2 aromatic heterocycles. The Balaban J connectivity index is 1.87. The van der Waals surface area contributed by atoms with E-state index in [0.29, 0.717) is 12.5 Å². The lowest BCUT2D eigenvalue weighted by Gasteiger charge is -2.22. The Hall–Kier alpha value is -0.910. The van der Waals surface area contributed by atoms with Gasteiger partial charge in [-0.15, -0.1) is 28.0 Å². The summed E-state index contributed by atoms with van der Waals surface area (Å²) in [5, 5.41) is 10.2. The van der Waals surface area contributed by atoms with Gasteiger partial charge in [0.05, 0.1) is 24.7 Å². The van der Waals surface area contributed by atoms with E-state index in [4.69, 9.17) is 16.3 Å². The Morgan fingerprint density at radius 2 is 2.56 bits per heavy atom. The summed E-state index contributed by atoms with van der Waals surface area (Å²) in [5.74, 6) is 0.391. The molecule has 0 unspecified atom stereocenters. The predicted molar refractivity (Wildman–Crippen MR) is 61.4 cm³/mol. The van der Waals surface area contributed by atoms with E-state index in [1.807, 2.05) is 10.7 Å². The van der Waals surface area contributed by atoms with Crippen molar-refractivity contribution in [2.24, 2.45) is 0 Å². The maximum absolute atomic E-state index is 5.80. The molecule has 0 N–H and O–H groups in total. The van der Waals surface area contributed by atoms with Gasteiger partial charge in [0, 0.05) is 4.88 Å². The molecule has 0 spiro atoms. The zero-order chi connectivity index (χ0) is 11.0. The molecular formula is C10H10ClN3OS. The fraction of sp³-hybridized carbons (Fsp3) is 0.400. The number of thiophene rings is 1. The first-order valence-corrected chi connectivity index (χ1v) is 6.42. The van der Waals surface area contributed by atoms with Crippen molar-refractivity contribution in [3.63, 3.8) is 0 Å². The van der Waals surface area contributed by atoms with E-state index in [1.165, 1.54) is 4.88 Å². The number of alkyl halides is 1. The summed E-state index contributed by atoms with van der Waals surface area (Å²) < 4.78 is 7.70. The van der Waals surface area contributed by atoms with Crippen LogP contribution in [0.1, 0.15) is 22.4 Å². The van der Waals surface area contributed by atoms with E-state index in [0.717, 1.165) is 17.9 Å². The highest BCUT2D eigenvalue weighted by atomic mass is 35.5. The highest BCUT2D eigenvalue weighted by Crippen LogP contribution is 2.29. The molecule has 0 radical (unpaired) electrons. The van der Waals surface area contributed by atoms with E-state index < -0.39 is 0 Å². The van der Waals surface area contributed by atoms with Crippen LogP contribution < -0.4 is 0 Å². The summed E-state index contributed by atoms with van der Waals surface area (Å²) in [6.07, 6.45) is 0.0948. The van der Waals surface area contributed by atoms with Crippen molar-refractivity contribution in [3.8, 4) is 0 Å². The highest BCUT2D eigenvalue weighted by Gasteiger charge is 2.24. The molecule has 16 heavy (non-hydrogen) atoms. The molecule has 0 fully saturated rings. The zero-order valence-electron chi connectivity index (χ0n) is 8.47. The normalized spacial score (nSPS) is 19.7. The number of hydrogen-bond acceptors (Lipinski definition) is 4. The van der Waals surface area contributed by atoms with Crippen LogP contribution in [0, 0.1) is 0 Å². The minimum absolute atomic E-state index is 0.0948. The van der Waals surface area contributed by atoms with Gasteiger partial charge in [0.25, 0.3) is 0 Å². The van der Waals surface area contributed by atoms with Gasteiger partial charge in [-0.25, -0.2) is 4.68 Å². The molecule has 3 rings (SSSR count). The molecule has 1 aliphatic heterocycles. The third kappa shape index (κ3) is 1.65. The molecule has 84 valence electrons. The van der Waals surface area contributed by atoms with Crippen LogP contribution in [0.4, 0.5) is 0 Å². The van der Waals surface area contributed by atoms with E-state index in [9.17, 15) is 0 Å².